The molecule has 1 aliphatic heterocycles. The smallest absolute Gasteiger partial charge is 0.410 e. The third kappa shape index (κ3) is 7.15. The third-order valence-corrected chi connectivity index (χ3v) is 4.62. The number of carbonyl (C=O) groups is 2. The lowest BCUT2D eigenvalue weighted by molar-refractivity contribution is -0.117. The van der Waals surface area contributed by atoms with Crippen LogP contribution in [0.5, 0.6) is 0 Å². The predicted octanol–water partition coefficient (Wildman–Crippen LogP) is 3.26. The molecule has 1 atom stereocenters. The highest BCUT2D eigenvalue weighted by Gasteiger charge is 2.26. The Hall–Kier alpha value is -3.01. The second-order valence-electron chi connectivity index (χ2n) is 8.18. The number of piperidine rings is 1. The van der Waals surface area contributed by atoms with Crippen LogP contribution in [0.15, 0.2) is 42.1 Å². The van der Waals surface area contributed by atoms with Gasteiger partial charge in [-0.2, -0.15) is 5.26 Å². The average Bonchev–Trinajstić information content (AvgIpc) is 2.68. The number of hydrogen-bond donors (Lipinski definition) is 2. The normalized spacial score (nSPS) is 16.5. The molecule has 0 bridgehead atoms. The highest BCUT2D eigenvalue weighted by Crippen LogP contribution is 2.16. The van der Waals surface area contributed by atoms with E-state index < -0.39 is 11.5 Å². The van der Waals surface area contributed by atoms with Crippen LogP contribution >= 0.6 is 0 Å². The van der Waals surface area contributed by atoms with Crippen LogP contribution in [0.4, 0.5) is 4.79 Å². The van der Waals surface area contributed by atoms with Crippen LogP contribution in [0.25, 0.3) is 0 Å². The first kappa shape index (κ1) is 22.3. The molecule has 2 rings (SSSR count). The van der Waals surface area contributed by atoms with E-state index in [0.717, 1.165) is 18.4 Å². The number of nitrogens with one attached hydrogen (secondary N) is 2. The Balaban J connectivity index is 1.84. The minimum Gasteiger partial charge on any atom is -0.444 e. The molecule has 0 radical (unpaired) electrons. The molecule has 0 saturated carbocycles. The first-order chi connectivity index (χ1) is 13.7. The van der Waals surface area contributed by atoms with E-state index >= 15 is 0 Å². The monoisotopic (exact) mass is 398 g/mol. The molecule has 7 heteroatoms. The minimum absolute atomic E-state index is 0.0300. The Kier molecular flexibility index (Phi) is 7.66. The van der Waals surface area contributed by atoms with Gasteiger partial charge in [0.05, 0.1) is 6.04 Å². The molecular weight excluding hydrogens is 368 g/mol. The summed E-state index contributed by atoms with van der Waals surface area (Å²) >= 11 is 0. The summed E-state index contributed by atoms with van der Waals surface area (Å²) in [6.45, 7) is 8.55. The maximum Gasteiger partial charge on any atom is 0.410 e. The Morgan fingerprint density at radius 2 is 1.86 bits per heavy atom. The number of likely N-dealkylation sites (tertiary alicyclic amines) is 1. The summed E-state index contributed by atoms with van der Waals surface area (Å²) in [5, 5.41) is 15.3. The van der Waals surface area contributed by atoms with Crippen molar-refractivity contribution in [2.75, 3.05) is 13.1 Å². The summed E-state index contributed by atoms with van der Waals surface area (Å²) in [5.41, 5.74) is 0.490. The first-order valence-electron chi connectivity index (χ1n) is 9.89. The van der Waals surface area contributed by atoms with E-state index in [2.05, 4.69) is 10.6 Å². The molecule has 2 N–H and O–H groups in total. The lowest BCUT2D eigenvalue weighted by Gasteiger charge is -2.33. The minimum atomic E-state index is -0.513. The van der Waals surface area contributed by atoms with Gasteiger partial charge < -0.3 is 20.3 Å². The molecule has 29 heavy (non-hydrogen) atoms. The van der Waals surface area contributed by atoms with Crippen LogP contribution in [0.3, 0.4) is 0 Å². The number of amides is 2. The molecule has 1 unspecified atom stereocenters. The topological polar surface area (TPSA) is 94.5 Å². The molecule has 1 fully saturated rings. The molecule has 1 heterocycles. The van der Waals surface area contributed by atoms with Crippen molar-refractivity contribution < 1.29 is 14.3 Å². The highest BCUT2D eigenvalue weighted by molar-refractivity contribution is 5.97. The summed E-state index contributed by atoms with van der Waals surface area (Å²) < 4.78 is 5.39. The summed E-state index contributed by atoms with van der Waals surface area (Å²) in [6, 6.07) is 11.4. The zero-order valence-electron chi connectivity index (χ0n) is 17.6. The Morgan fingerprint density at radius 3 is 2.41 bits per heavy atom. The zero-order chi connectivity index (χ0) is 21.4. The highest BCUT2D eigenvalue weighted by atomic mass is 16.6. The van der Waals surface area contributed by atoms with Crippen molar-refractivity contribution in [1.29, 1.82) is 5.26 Å². The van der Waals surface area contributed by atoms with Crippen LogP contribution in [0.2, 0.25) is 0 Å². The molecular formula is C22H30N4O3. The lowest BCUT2D eigenvalue weighted by Crippen LogP contribution is -2.45. The number of nitriles is 1. The van der Waals surface area contributed by atoms with Crippen molar-refractivity contribution in [1.82, 2.24) is 15.5 Å². The number of benzene rings is 1. The van der Waals surface area contributed by atoms with Gasteiger partial charge in [0.2, 0.25) is 0 Å². The zero-order valence-corrected chi connectivity index (χ0v) is 17.6. The van der Waals surface area contributed by atoms with Gasteiger partial charge in [-0.1, -0.05) is 30.3 Å². The maximum absolute atomic E-state index is 12.4. The fraction of sp³-hybridized carbons (Fsp3) is 0.500. The van der Waals surface area contributed by atoms with Crippen molar-refractivity contribution in [3.63, 3.8) is 0 Å². The summed E-state index contributed by atoms with van der Waals surface area (Å²) in [6.07, 6.45) is 2.60. The van der Waals surface area contributed by atoms with E-state index in [-0.39, 0.29) is 23.8 Å². The molecule has 0 aliphatic carbocycles. The van der Waals surface area contributed by atoms with Crippen LogP contribution in [0, 0.1) is 11.3 Å². The number of ether oxygens (including phenoxy) is 1. The fourth-order valence-electron chi connectivity index (χ4n) is 3.00. The van der Waals surface area contributed by atoms with Crippen LogP contribution in [-0.4, -0.2) is 41.6 Å². The number of carbonyl (C=O) groups excluding carboxylic acids is 2. The summed E-state index contributed by atoms with van der Waals surface area (Å²) in [4.78, 5) is 26.2. The van der Waals surface area contributed by atoms with Gasteiger partial charge in [0.1, 0.15) is 17.2 Å². The summed E-state index contributed by atoms with van der Waals surface area (Å²) in [5.74, 6) is -0.414. The number of rotatable bonds is 5. The van der Waals surface area contributed by atoms with E-state index in [9.17, 15) is 14.9 Å². The van der Waals surface area contributed by atoms with Crippen LogP contribution < -0.4 is 10.6 Å². The van der Waals surface area contributed by atoms with Gasteiger partial charge in [0.25, 0.3) is 5.91 Å². The number of hydrogen-bond acceptors (Lipinski definition) is 5. The molecule has 156 valence electrons. The van der Waals surface area contributed by atoms with E-state index in [1.54, 1.807) is 4.90 Å². The largest absolute Gasteiger partial charge is 0.444 e. The van der Waals surface area contributed by atoms with Gasteiger partial charge in [-0.05, 0) is 46.1 Å². The van der Waals surface area contributed by atoms with Gasteiger partial charge in [-0.15, -0.1) is 0 Å². The second-order valence-corrected chi connectivity index (χ2v) is 8.18. The van der Waals surface area contributed by atoms with Crippen LogP contribution in [0.1, 0.15) is 52.1 Å². The fourth-order valence-corrected chi connectivity index (χ4v) is 3.00. The van der Waals surface area contributed by atoms with E-state index in [0.29, 0.717) is 13.1 Å². The molecule has 0 spiro atoms. The maximum atomic E-state index is 12.4. The van der Waals surface area contributed by atoms with Crippen molar-refractivity contribution in [2.24, 2.45) is 0 Å². The molecule has 1 aromatic carbocycles. The Bertz CT molecular complexity index is 769. The van der Waals surface area contributed by atoms with Gasteiger partial charge in [0.15, 0.2) is 0 Å². The molecule has 1 aliphatic rings. The van der Waals surface area contributed by atoms with Crippen molar-refractivity contribution in [3.8, 4) is 6.07 Å². The SMILES string of the molecule is CC(NC(=O)/C(C#N)=C\NC1CCN(C(=O)OC(C)(C)C)CC1)c1ccccc1. The van der Waals surface area contributed by atoms with E-state index in [4.69, 9.17) is 4.74 Å². The summed E-state index contributed by atoms with van der Waals surface area (Å²) in [7, 11) is 0. The van der Waals surface area contributed by atoms with Crippen molar-refractivity contribution in [3.05, 3.63) is 47.7 Å². The van der Waals surface area contributed by atoms with Crippen molar-refractivity contribution in [2.45, 2.75) is 58.2 Å². The van der Waals surface area contributed by atoms with Gasteiger partial charge in [-0.3, -0.25) is 4.79 Å². The van der Waals surface area contributed by atoms with Gasteiger partial charge in [0, 0.05) is 25.3 Å². The van der Waals surface area contributed by atoms with Gasteiger partial charge >= 0.3 is 6.09 Å². The third-order valence-electron chi connectivity index (χ3n) is 4.62. The molecule has 1 aromatic rings. The molecule has 2 amide bonds. The number of nitrogens with zero attached hydrogens (tertiary/aromatic N) is 2. The molecule has 0 aromatic heterocycles. The Morgan fingerprint density at radius 1 is 1.24 bits per heavy atom. The van der Waals surface area contributed by atoms with E-state index in [1.807, 2.05) is 64.1 Å². The Labute approximate surface area is 172 Å². The lowest BCUT2D eigenvalue weighted by atomic mass is 10.1. The van der Waals surface area contributed by atoms with E-state index in [1.165, 1.54) is 6.20 Å². The molecule has 7 nitrogen and oxygen atoms in total. The molecule has 1 saturated heterocycles. The standard InChI is InChI=1S/C22H30N4O3/c1-16(17-8-6-5-7-9-17)25-20(27)18(14-23)15-24-19-10-12-26(13-11-19)21(28)29-22(2,3)4/h5-9,15-16,19,24H,10-13H2,1-4H3,(H,25,27)/b18-15-. The van der Waals surface area contributed by atoms with Crippen molar-refractivity contribution >= 4 is 12.0 Å². The average molecular weight is 399 g/mol. The van der Waals surface area contributed by atoms with Crippen LogP contribution in [-0.2, 0) is 9.53 Å². The predicted molar refractivity (Wildman–Crippen MR) is 111 cm³/mol. The second kappa shape index (κ2) is 9.97. The quantitative estimate of drug-likeness (QED) is 0.586. The van der Waals surface area contributed by atoms with Gasteiger partial charge in [-0.25, -0.2) is 4.79 Å². The first-order valence-corrected chi connectivity index (χ1v) is 9.89.